The first-order chi connectivity index (χ1) is 8.16. The van der Waals surface area contributed by atoms with Crippen molar-refractivity contribution in [3.8, 4) is 0 Å². The van der Waals surface area contributed by atoms with Crippen LogP contribution in [0, 0.1) is 0 Å². The molecule has 1 atom stereocenters. The number of hydrogen-bond acceptors (Lipinski definition) is 4. The van der Waals surface area contributed by atoms with Crippen LogP contribution in [0.5, 0.6) is 0 Å². The van der Waals surface area contributed by atoms with Gasteiger partial charge in [0.05, 0.1) is 6.54 Å². The van der Waals surface area contributed by atoms with E-state index in [4.69, 9.17) is 0 Å². The Kier molecular flexibility index (Phi) is 3.73. The van der Waals surface area contributed by atoms with Crippen molar-refractivity contribution >= 4 is 5.91 Å². The highest BCUT2D eigenvalue weighted by atomic mass is 16.1. The number of carbonyl (C=O) groups excluding carboxylic acids is 1. The lowest BCUT2D eigenvalue weighted by atomic mass is 10.2. The molecule has 2 N–H and O–H groups in total. The summed E-state index contributed by atoms with van der Waals surface area (Å²) in [4.78, 5) is 15.2. The van der Waals surface area contributed by atoms with Gasteiger partial charge in [-0.3, -0.25) is 4.79 Å². The van der Waals surface area contributed by atoms with E-state index in [-0.39, 0.29) is 11.9 Å². The molecular weight excluding hydrogens is 218 g/mol. The van der Waals surface area contributed by atoms with Crippen molar-refractivity contribution in [2.45, 2.75) is 45.3 Å². The normalized spacial score (nSPS) is 19.9. The summed E-state index contributed by atoms with van der Waals surface area (Å²) in [6.07, 6.45) is 3.14. The molecule has 1 aliphatic heterocycles. The number of rotatable bonds is 5. The van der Waals surface area contributed by atoms with E-state index in [2.05, 4.69) is 34.6 Å². The lowest BCUT2D eigenvalue weighted by molar-refractivity contribution is -0.119. The second kappa shape index (κ2) is 5.27. The quantitative estimate of drug-likeness (QED) is 0.769. The minimum absolute atomic E-state index is 0.155. The zero-order valence-electron chi connectivity index (χ0n) is 10.3. The molecule has 6 heteroatoms. The van der Waals surface area contributed by atoms with Crippen LogP contribution in [0.1, 0.15) is 38.6 Å². The third-order valence-electron chi connectivity index (χ3n) is 2.90. The maximum absolute atomic E-state index is 11.0. The fraction of sp³-hybridized carbons (Fsp3) is 0.727. The third-order valence-corrected chi connectivity index (χ3v) is 2.90. The first-order valence-electron chi connectivity index (χ1n) is 6.05. The Morgan fingerprint density at radius 2 is 2.47 bits per heavy atom. The second-order valence-electron chi connectivity index (χ2n) is 4.65. The molecule has 0 aromatic carbocycles. The molecule has 1 aliphatic rings. The fourth-order valence-corrected chi connectivity index (χ4v) is 2.02. The van der Waals surface area contributed by atoms with Crippen LogP contribution in [0.2, 0.25) is 0 Å². The number of carbonyl (C=O) groups is 1. The van der Waals surface area contributed by atoms with Gasteiger partial charge in [0.1, 0.15) is 12.2 Å². The zero-order chi connectivity index (χ0) is 12.3. The molecule has 1 saturated heterocycles. The van der Waals surface area contributed by atoms with Gasteiger partial charge >= 0.3 is 0 Å². The molecule has 17 heavy (non-hydrogen) atoms. The first kappa shape index (κ1) is 12.0. The molecule has 1 fully saturated rings. The van der Waals surface area contributed by atoms with Gasteiger partial charge in [0, 0.05) is 25.0 Å². The molecule has 2 rings (SSSR count). The molecule has 1 unspecified atom stereocenters. The molecule has 0 spiro atoms. The molecule has 2 heterocycles. The Bertz CT molecular complexity index is 387. The zero-order valence-corrected chi connectivity index (χ0v) is 10.3. The number of nitrogens with one attached hydrogen (secondary N) is 2. The highest BCUT2D eigenvalue weighted by Crippen LogP contribution is 2.07. The molecule has 0 aliphatic carbocycles. The summed E-state index contributed by atoms with van der Waals surface area (Å²) in [6, 6.07) is 0.582. The molecule has 1 aromatic heterocycles. The van der Waals surface area contributed by atoms with Gasteiger partial charge in [-0.1, -0.05) is 0 Å². The molecule has 94 valence electrons. The van der Waals surface area contributed by atoms with E-state index in [1.807, 2.05) is 4.68 Å². The van der Waals surface area contributed by atoms with Crippen LogP contribution in [-0.4, -0.2) is 33.3 Å². The Morgan fingerprint density at radius 3 is 3.12 bits per heavy atom. The van der Waals surface area contributed by atoms with E-state index >= 15 is 0 Å². The van der Waals surface area contributed by atoms with Crippen LogP contribution < -0.4 is 10.6 Å². The average molecular weight is 237 g/mol. The monoisotopic (exact) mass is 237 g/mol. The van der Waals surface area contributed by atoms with Crippen LogP contribution in [0.3, 0.4) is 0 Å². The number of nitrogens with zero attached hydrogens (tertiary/aromatic N) is 3. The van der Waals surface area contributed by atoms with Crippen LogP contribution in [0.4, 0.5) is 0 Å². The summed E-state index contributed by atoms with van der Waals surface area (Å²) in [6.45, 7) is 5.63. The molecule has 0 saturated carbocycles. The van der Waals surface area contributed by atoms with Crippen LogP contribution in [0.25, 0.3) is 0 Å². The number of aromatic nitrogens is 3. The molecule has 1 aromatic rings. The minimum Gasteiger partial charge on any atom is -0.352 e. The van der Waals surface area contributed by atoms with Gasteiger partial charge in [-0.15, -0.1) is 0 Å². The standard InChI is InChI=1S/C11H19N5O/c1-8(2)16-10(13-7-14-16)6-12-5-9-3-4-11(17)15-9/h7-9,12H,3-6H2,1-2H3,(H,15,17). The predicted molar refractivity (Wildman–Crippen MR) is 63.3 cm³/mol. The summed E-state index contributed by atoms with van der Waals surface area (Å²) < 4.78 is 1.90. The van der Waals surface area contributed by atoms with E-state index in [1.165, 1.54) is 0 Å². The lowest BCUT2D eigenvalue weighted by Gasteiger charge is -2.12. The van der Waals surface area contributed by atoms with Crippen molar-refractivity contribution < 1.29 is 4.79 Å². The highest BCUT2D eigenvalue weighted by Gasteiger charge is 2.20. The third kappa shape index (κ3) is 3.03. The minimum atomic E-state index is 0.155. The van der Waals surface area contributed by atoms with Crippen molar-refractivity contribution in [1.82, 2.24) is 25.4 Å². The first-order valence-corrected chi connectivity index (χ1v) is 6.05. The Morgan fingerprint density at radius 1 is 1.65 bits per heavy atom. The van der Waals surface area contributed by atoms with Gasteiger partial charge in [-0.25, -0.2) is 9.67 Å². The van der Waals surface area contributed by atoms with Gasteiger partial charge in [-0.05, 0) is 20.3 Å². The molecule has 0 bridgehead atoms. The van der Waals surface area contributed by atoms with Gasteiger partial charge in [0.2, 0.25) is 5.91 Å². The topological polar surface area (TPSA) is 71.8 Å². The average Bonchev–Trinajstić information content (AvgIpc) is 2.87. The predicted octanol–water partition coefficient (Wildman–Crippen LogP) is 0.227. The van der Waals surface area contributed by atoms with E-state index < -0.39 is 0 Å². The van der Waals surface area contributed by atoms with Crippen LogP contribution >= 0.6 is 0 Å². The molecular formula is C11H19N5O. The van der Waals surface area contributed by atoms with Gasteiger partial charge in [0.15, 0.2) is 0 Å². The van der Waals surface area contributed by atoms with E-state index in [0.717, 1.165) is 18.8 Å². The van der Waals surface area contributed by atoms with E-state index in [9.17, 15) is 4.79 Å². The van der Waals surface area contributed by atoms with Crippen molar-refractivity contribution in [3.63, 3.8) is 0 Å². The maximum atomic E-state index is 11.0. The molecule has 6 nitrogen and oxygen atoms in total. The number of amides is 1. The Labute approximate surface area is 101 Å². The summed E-state index contributed by atoms with van der Waals surface area (Å²) in [7, 11) is 0. The van der Waals surface area contributed by atoms with E-state index in [1.54, 1.807) is 6.33 Å². The smallest absolute Gasteiger partial charge is 0.220 e. The van der Waals surface area contributed by atoms with Crippen LogP contribution in [-0.2, 0) is 11.3 Å². The largest absolute Gasteiger partial charge is 0.352 e. The highest BCUT2D eigenvalue weighted by molar-refractivity contribution is 5.78. The van der Waals surface area contributed by atoms with Crippen molar-refractivity contribution in [2.75, 3.05) is 6.54 Å². The van der Waals surface area contributed by atoms with Crippen molar-refractivity contribution in [1.29, 1.82) is 0 Å². The number of hydrogen-bond donors (Lipinski definition) is 2. The van der Waals surface area contributed by atoms with Crippen LogP contribution in [0.15, 0.2) is 6.33 Å². The second-order valence-corrected chi connectivity index (χ2v) is 4.65. The van der Waals surface area contributed by atoms with Crippen molar-refractivity contribution in [2.24, 2.45) is 0 Å². The van der Waals surface area contributed by atoms with Gasteiger partial charge in [0.25, 0.3) is 0 Å². The van der Waals surface area contributed by atoms with E-state index in [0.29, 0.717) is 19.0 Å². The summed E-state index contributed by atoms with van der Waals surface area (Å²) in [5.74, 6) is 1.09. The van der Waals surface area contributed by atoms with Gasteiger partial charge in [-0.2, -0.15) is 5.10 Å². The summed E-state index contributed by atoms with van der Waals surface area (Å²) in [5.41, 5.74) is 0. The summed E-state index contributed by atoms with van der Waals surface area (Å²) in [5, 5.41) is 10.4. The SMILES string of the molecule is CC(C)n1ncnc1CNCC1CCC(=O)N1. The Hall–Kier alpha value is -1.43. The summed E-state index contributed by atoms with van der Waals surface area (Å²) >= 11 is 0. The lowest BCUT2D eigenvalue weighted by Crippen LogP contribution is -2.35. The molecule has 1 amide bonds. The molecule has 0 radical (unpaired) electrons. The fourth-order valence-electron chi connectivity index (χ4n) is 2.02. The van der Waals surface area contributed by atoms with Crippen molar-refractivity contribution in [3.05, 3.63) is 12.2 Å². The van der Waals surface area contributed by atoms with Gasteiger partial charge < -0.3 is 10.6 Å². The Balaban J connectivity index is 1.78. The maximum Gasteiger partial charge on any atom is 0.220 e.